The predicted molar refractivity (Wildman–Crippen MR) is 108 cm³/mol. The van der Waals surface area contributed by atoms with E-state index in [-0.39, 0.29) is 18.6 Å². The topological polar surface area (TPSA) is 128 Å². The minimum Gasteiger partial charge on any atom is -0.467 e. The molecule has 0 saturated heterocycles. The summed E-state index contributed by atoms with van der Waals surface area (Å²) in [6.07, 6.45) is 3.76. The van der Waals surface area contributed by atoms with Crippen LogP contribution in [0.15, 0.2) is 0 Å². The molecule has 0 spiro atoms. The van der Waals surface area contributed by atoms with Crippen molar-refractivity contribution in [2.75, 3.05) is 14.2 Å². The van der Waals surface area contributed by atoms with Crippen LogP contribution >= 0.6 is 0 Å². The number of carbonyl (C=O) groups excluding carboxylic acids is 5. The molecule has 1 rings (SSSR count). The fourth-order valence-corrected chi connectivity index (χ4v) is 3.57. The van der Waals surface area contributed by atoms with Crippen LogP contribution in [-0.4, -0.2) is 55.8 Å². The van der Waals surface area contributed by atoms with Crippen LogP contribution < -0.4 is 10.6 Å². The molecule has 0 aromatic heterocycles. The first-order chi connectivity index (χ1) is 14.3. The predicted octanol–water partition coefficient (Wildman–Crippen LogP) is 1.28. The van der Waals surface area contributed by atoms with E-state index in [9.17, 15) is 24.0 Å². The van der Waals surface area contributed by atoms with E-state index in [0.29, 0.717) is 25.7 Å². The molecule has 0 bridgehead atoms. The summed E-state index contributed by atoms with van der Waals surface area (Å²) in [4.78, 5) is 61.6. The molecule has 0 radical (unpaired) electrons. The van der Waals surface area contributed by atoms with Gasteiger partial charge in [-0.3, -0.25) is 14.4 Å². The first-order valence-electron chi connectivity index (χ1n) is 10.6. The van der Waals surface area contributed by atoms with Gasteiger partial charge >= 0.3 is 11.9 Å². The van der Waals surface area contributed by atoms with Crippen LogP contribution in [0.5, 0.6) is 0 Å². The summed E-state index contributed by atoms with van der Waals surface area (Å²) in [5, 5.41) is 5.27. The molecular formula is C21H34N2O7. The molecule has 1 aliphatic carbocycles. The fraction of sp³-hybridized carbons (Fsp3) is 0.762. The number of nitrogens with one attached hydrogen (secondary N) is 2. The Kier molecular flexibility index (Phi) is 11.1. The number of methoxy groups -OCH3 is 2. The lowest BCUT2D eigenvalue weighted by molar-refractivity contribution is -0.147. The zero-order valence-corrected chi connectivity index (χ0v) is 18.3. The maximum Gasteiger partial charge on any atom is 0.328 e. The Balaban J connectivity index is 2.88. The maximum atomic E-state index is 12.8. The molecule has 170 valence electrons. The van der Waals surface area contributed by atoms with Crippen molar-refractivity contribution < 1.29 is 33.4 Å². The number of ketones is 1. The third-order valence-corrected chi connectivity index (χ3v) is 5.35. The molecule has 1 aliphatic rings. The summed E-state index contributed by atoms with van der Waals surface area (Å²) < 4.78 is 9.49. The minimum atomic E-state index is -0.893. The molecular weight excluding hydrogens is 392 g/mol. The van der Waals surface area contributed by atoms with Crippen molar-refractivity contribution in [3.8, 4) is 0 Å². The van der Waals surface area contributed by atoms with Crippen LogP contribution in [0, 0.1) is 11.8 Å². The van der Waals surface area contributed by atoms with E-state index in [1.165, 1.54) is 14.2 Å². The van der Waals surface area contributed by atoms with E-state index >= 15 is 0 Å². The van der Waals surface area contributed by atoms with Crippen molar-refractivity contribution in [1.29, 1.82) is 0 Å². The van der Waals surface area contributed by atoms with Crippen LogP contribution in [0.2, 0.25) is 0 Å². The number of carbonyl (C=O) groups is 5. The van der Waals surface area contributed by atoms with E-state index in [1.54, 1.807) is 0 Å². The summed E-state index contributed by atoms with van der Waals surface area (Å²) in [7, 11) is 2.48. The van der Waals surface area contributed by atoms with E-state index in [4.69, 9.17) is 9.47 Å². The number of esters is 2. The van der Waals surface area contributed by atoms with Gasteiger partial charge in [0.1, 0.15) is 17.9 Å². The number of rotatable bonds is 12. The minimum absolute atomic E-state index is 0.0799. The van der Waals surface area contributed by atoms with Crippen molar-refractivity contribution in [2.24, 2.45) is 11.8 Å². The summed E-state index contributed by atoms with van der Waals surface area (Å²) in [6.45, 7) is 3.92. The molecule has 2 amide bonds. The van der Waals surface area contributed by atoms with Gasteiger partial charge in [-0.2, -0.15) is 0 Å². The lowest BCUT2D eigenvalue weighted by Crippen LogP contribution is -2.49. The molecule has 9 nitrogen and oxygen atoms in total. The number of unbranched alkanes of at least 4 members (excludes halogenated alkanes) is 2. The van der Waals surface area contributed by atoms with Crippen molar-refractivity contribution >= 4 is 29.5 Å². The Labute approximate surface area is 177 Å². The highest BCUT2D eigenvalue weighted by atomic mass is 16.5. The van der Waals surface area contributed by atoms with Crippen molar-refractivity contribution in [1.82, 2.24) is 10.6 Å². The van der Waals surface area contributed by atoms with Gasteiger partial charge in [-0.1, -0.05) is 39.5 Å². The van der Waals surface area contributed by atoms with Crippen molar-refractivity contribution in [3.63, 3.8) is 0 Å². The molecule has 0 aromatic rings. The molecule has 1 fully saturated rings. The molecule has 30 heavy (non-hydrogen) atoms. The fourth-order valence-electron chi connectivity index (χ4n) is 3.57. The van der Waals surface area contributed by atoms with Crippen LogP contribution in [0.4, 0.5) is 0 Å². The van der Waals surface area contributed by atoms with Gasteiger partial charge in [-0.25, -0.2) is 9.59 Å². The number of ether oxygens (including phenoxy) is 2. The van der Waals surface area contributed by atoms with Crippen LogP contribution in [0.3, 0.4) is 0 Å². The quantitative estimate of drug-likeness (QED) is 0.450. The zero-order chi connectivity index (χ0) is 22.7. The first kappa shape index (κ1) is 25.6. The summed E-state index contributed by atoms with van der Waals surface area (Å²) in [5.41, 5.74) is 0. The van der Waals surface area contributed by atoms with Gasteiger partial charge < -0.3 is 20.1 Å². The average Bonchev–Trinajstić information content (AvgIpc) is 3.14. The highest BCUT2D eigenvalue weighted by molar-refractivity contribution is 5.99. The molecule has 0 aromatic carbocycles. The van der Waals surface area contributed by atoms with Gasteiger partial charge in [-0.15, -0.1) is 0 Å². The largest absolute Gasteiger partial charge is 0.467 e. The highest BCUT2D eigenvalue weighted by Crippen LogP contribution is 2.30. The third kappa shape index (κ3) is 7.42. The SMILES string of the molecule is CCCC[C@H](NC(=O)[C@H]1CC(=O)C[C@@H]1C(=O)N[C@@H](CCCC)C(=O)OC)C(=O)OC. The first-order valence-corrected chi connectivity index (χ1v) is 10.6. The second-order valence-electron chi connectivity index (χ2n) is 7.61. The van der Waals surface area contributed by atoms with Crippen LogP contribution in [-0.2, 0) is 33.4 Å². The summed E-state index contributed by atoms with van der Waals surface area (Å²) in [5.74, 6) is -4.18. The Bertz CT molecular complexity index is 583. The second-order valence-corrected chi connectivity index (χ2v) is 7.61. The molecule has 2 N–H and O–H groups in total. The molecule has 4 atom stereocenters. The highest BCUT2D eigenvalue weighted by Gasteiger charge is 2.43. The molecule has 1 saturated carbocycles. The average molecular weight is 427 g/mol. The number of amides is 2. The standard InChI is InChI=1S/C21H34N2O7/c1-5-7-9-16(20(27)29-3)22-18(25)14-11-13(24)12-15(14)19(26)23-17(10-8-6-2)21(28)30-4/h14-17H,5-12H2,1-4H3,(H,22,25)(H,23,26)/t14-,15-,16-,17-/m0/s1. The molecule has 0 unspecified atom stereocenters. The van der Waals surface area contributed by atoms with Gasteiger partial charge in [0.15, 0.2) is 0 Å². The number of Topliss-reactive ketones (excluding diaryl/α,β-unsaturated/α-hetero) is 1. The number of hydrogen-bond acceptors (Lipinski definition) is 7. The van der Waals surface area contributed by atoms with E-state index in [2.05, 4.69) is 10.6 Å². The molecule has 9 heteroatoms. The Hall–Kier alpha value is -2.45. The van der Waals surface area contributed by atoms with Gasteiger partial charge in [0.05, 0.1) is 26.1 Å². The van der Waals surface area contributed by atoms with E-state index in [0.717, 1.165) is 12.8 Å². The Morgan fingerprint density at radius 3 is 1.50 bits per heavy atom. The lowest BCUT2D eigenvalue weighted by atomic mass is 9.93. The third-order valence-electron chi connectivity index (χ3n) is 5.35. The lowest BCUT2D eigenvalue weighted by Gasteiger charge is -2.23. The second kappa shape index (κ2) is 13.0. The molecule has 0 aliphatic heterocycles. The van der Waals surface area contributed by atoms with Crippen LogP contribution in [0.1, 0.15) is 65.2 Å². The Morgan fingerprint density at radius 2 is 1.20 bits per heavy atom. The van der Waals surface area contributed by atoms with Gasteiger partial charge in [-0.05, 0) is 12.8 Å². The summed E-state index contributed by atoms with van der Waals surface area (Å²) in [6, 6.07) is -1.65. The van der Waals surface area contributed by atoms with Crippen LogP contribution in [0.25, 0.3) is 0 Å². The van der Waals surface area contributed by atoms with E-state index in [1.807, 2.05) is 13.8 Å². The normalized spacial score (nSPS) is 20.2. The number of hydrogen-bond donors (Lipinski definition) is 2. The van der Waals surface area contributed by atoms with Crippen molar-refractivity contribution in [3.05, 3.63) is 0 Å². The summed E-state index contributed by atoms with van der Waals surface area (Å²) >= 11 is 0. The maximum absolute atomic E-state index is 12.8. The Morgan fingerprint density at radius 1 is 0.833 bits per heavy atom. The zero-order valence-electron chi connectivity index (χ0n) is 18.3. The van der Waals surface area contributed by atoms with Crippen molar-refractivity contribution in [2.45, 2.75) is 77.3 Å². The van der Waals surface area contributed by atoms with E-state index < -0.39 is 47.7 Å². The monoisotopic (exact) mass is 426 g/mol. The van der Waals surface area contributed by atoms with Gasteiger partial charge in [0, 0.05) is 12.8 Å². The smallest absolute Gasteiger partial charge is 0.328 e. The van der Waals surface area contributed by atoms with Gasteiger partial charge in [0.25, 0.3) is 0 Å². The molecule has 0 heterocycles. The van der Waals surface area contributed by atoms with Gasteiger partial charge in [0.2, 0.25) is 11.8 Å².